The van der Waals surface area contributed by atoms with Gasteiger partial charge in [-0.25, -0.2) is 4.79 Å². The molecule has 0 bridgehead atoms. The highest BCUT2D eigenvalue weighted by atomic mass is 35.5. The SMILES string of the molecule is Cc1cccc(CNC(=O)NCC2(c3ccc(Cl)cc3)CC2)c1. The Morgan fingerprint density at radius 3 is 2.52 bits per heavy atom. The van der Waals surface area contributed by atoms with Crippen molar-refractivity contribution in [2.75, 3.05) is 6.54 Å². The van der Waals surface area contributed by atoms with E-state index in [4.69, 9.17) is 11.6 Å². The molecule has 0 aromatic heterocycles. The van der Waals surface area contributed by atoms with Gasteiger partial charge in [0.05, 0.1) is 0 Å². The molecule has 4 heteroatoms. The van der Waals surface area contributed by atoms with Crippen LogP contribution in [0.5, 0.6) is 0 Å². The van der Waals surface area contributed by atoms with Crippen LogP contribution in [-0.4, -0.2) is 12.6 Å². The Balaban J connectivity index is 1.50. The molecule has 0 saturated heterocycles. The predicted octanol–water partition coefficient (Wildman–Crippen LogP) is 4.18. The maximum atomic E-state index is 12.0. The number of rotatable bonds is 5. The van der Waals surface area contributed by atoms with Crippen LogP contribution in [0.2, 0.25) is 5.02 Å². The van der Waals surface area contributed by atoms with Crippen molar-refractivity contribution in [1.82, 2.24) is 10.6 Å². The summed E-state index contributed by atoms with van der Waals surface area (Å²) in [5.41, 5.74) is 3.65. The first-order valence-corrected chi connectivity index (χ1v) is 8.29. The van der Waals surface area contributed by atoms with E-state index in [1.165, 1.54) is 11.1 Å². The molecule has 0 radical (unpaired) electrons. The summed E-state index contributed by atoms with van der Waals surface area (Å²) in [6, 6.07) is 16.0. The van der Waals surface area contributed by atoms with E-state index in [9.17, 15) is 4.79 Å². The van der Waals surface area contributed by atoms with Gasteiger partial charge >= 0.3 is 6.03 Å². The molecule has 1 saturated carbocycles. The van der Waals surface area contributed by atoms with Crippen molar-refractivity contribution in [2.45, 2.75) is 31.7 Å². The third-order valence-electron chi connectivity index (χ3n) is 4.43. The fraction of sp³-hybridized carbons (Fsp3) is 0.316. The van der Waals surface area contributed by atoms with Gasteiger partial charge in [0.2, 0.25) is 0 Å². The first-order chi connectivity index (χ1) is 11.1. The van der Waals surface area contributed by atoms with E-state index in [1.54, 1.807) is 0 Å². The number of halogens is 1. The lowest BCUT2D eigenvalue weighted by Crippen LogP contribution is -2.39. The van der Waals surface area contributed by atoms with Gasteiger partial charge in [-0.2, -0.15) is 0 Å². The van der Waals surface area contributed by atoms with E-state index in [2.05, 4.69) is 28.8 Å². The molecule has 2 aromatic carbocycles. The van der Waals surface area contributed by atoms with Gasteiger partial charge in [-0.1, -0.05) is 53.6 Å². The molecule has 0 heterocycles. The summed E-state index contributed by atoms with van der Waals surface area (Å²) >= 11 is 5.94. The van der Waals surface area contributed by atoms with Crippen LogP contribution in [0.3, 0.4) is 0 Å². The number of hydrogen-bond acceptors (Lipinski definition) is 1. The fourth-order valence-corrected chi connectivity index (χ4v) is 2.96. The summed E-state index contributed by atoms with van der Waals surface area (Å²) in [6.07, 6.45) is 2.21. The van der Waals surface area contributed by atoms with Crippen molar-refractivity contribution in [1.29, 1.82) is 0 Å². The quantitative estimate of drug-likeness (QED) is 0.849. The highest BCUT2D eigenvalue weighted by Gasteiger charge is 2.44. The standard InChI is InChI=1S/C19H21ClN2O/c1-14-3-2-4-15(11-14)12-21-18(23)22-13-19(9-10-19)16-5-7-17(20)8-6-16/h2-8,11H,9-10,12-13H2,1H3,(H2,21,22,23). The second-order valence-corrected chi connectivity index (χ2v) is 6.75. The molecule has 3 rings (SSSR count). The lowest BCUT2D eigenvalue weighted by molar-refractivity contribution is 0.239. The maximum Gasteiger partial charge on any atom is 0.315 e. The van der Waals surface area contributed by atoms with Crippen molar-refractivity contribution >= 4 is 17.6 Å². The van der Waals surface area contributed by atoms with Crippen LogP contribution < -0.4 is 10.6 Å². The number of hydrogen-bond donors (Lipinski definition) is 2. The minimum absolute atomic E-state index is 0.0886. The lowest BCUT2D eigenvalue weighted by atomic mass is 9.96. The van der Waals surface area contributed by atoms with Gasteiger partial charge in [-0.05, 0) is 43.0 Å². The highest BCUT2D eigenvalue weighted by Crippen LogP contribution is 2.47. The molecule has 1 fully saturated rings. The number of aryl methyl sites for hydroxylation is 1. The molecular weight excluding hydrogens is 308 g/mol. The molecule has 0 atom stereocenters. The molecule has 2 N–H and O–H groups in total. The summed E-state index contributed by atoms with van der Waals surface area (Å²) < 4.78 is 0. The van der Waals surface area contributed by atoms with Crippen molar-refractivity contribution in [2.24, 2.45) is 0 Å². The van der Waals surface area contributed by atoms with Crippen LogP contribution in [0.4, 0.5) is 4.79 Å². The topological polar surface area (TPSA) is 41.1 Å². The molecule has 3 nitrogen and oxygen atoms in total. The molecule has 23 heavy (non-hydrogen) atoms. The second-order valence-electron chi connectivity index (χ2n) is 6.31. The summed E-state index contributed by atoms with van der Waals surface area (Å²) in [5, 5.41) is 6.66. The molecule has 1 aliphatic rings. The Labute approximate surface area is 142 Å². The van der Waals surface area contributed by atoms with E-state index in [-0.39, 0.29) is 11.4 Å². The van der Waals surface area contributed by atoms with E-state index in [0.717, 1.165) is 23.4 Å². The lowest BCUT2D eigenvalue weighted by Gasteiger charge is -2.17. The van der Waals surface area contributed by atoms with Gasteiger partial charge in [0.25, 0.3) is 0 Å². The van der Waals surface area contributed by atoms with Crippen LogP contribution in [0, 0.1) is 6.92 Å². The second kappa shape index (κ2) is 6.63. The number of nitrogens with one attached hydrogen (secondary N) is 2. The van der Waals surface area contributed by atoms with Crippen molar-refractivity contribution in [3.05, 3.63) is 70.2 Å². The van der Waals surface area contributed by atoms with E-state index < -0.39 is 0 Å². The Hall–Kier alpha value is -2.00. The molecule has 1 aliphatic carbocycles. The summed E-state index contributed by atoms with van der Waals surface area (Å²) in [6.45, 7) is 3.25. The minimum Gasteiger partial charge on any atom is -0.337 e. The van der Waals surface area contributed by atoms with Crippen molar-refractivity contribution in [3.63, 3.8) is 0 Å². The largest absolute Gasteiger partial charge is 0.337 e. The van der Waals surface area contributed by atoms with Crippen LogP contribution in [0.1, 0.15) is 29.5 Å². The number of carbonyl (C=O) groups is 1. The highest BCUT2D eigenvalue weighted by molar-refractivity contribution is 6.30. The van der Waals surface area contributed by atoms with Gasteiger partial charge in [0.15, 0.2) is 0 Å². The van der Waals surface area contributed by atoms with Crippen molar-refractivity contribution < 1.29 is 4.79 Å². The molecule has 0 unspecified atom stereocenters. The van der Waals surface area contributed by atoms with Gasteiger partial charge in [-0.3, -0.25) is 0 Å². The molecule has 120 valence electrons. The normalized spacial score (nSPS) is 15.0. The van der Waals surface area contributed by atoms with Crippen LogP contribution in [0.25, 0.3) is 0 Å². The zero-order valence-corrected chi connectivity index (χ0v) is 14.0. The van der Waals surface area contributed by atoms with Gasteiger partial charge in [-0.15, -0.1) is 0 Å². The van der Waals surface area contributed by atoms with Crippen LogP contribution in [-0.2, 0) is 12.0 Å². The van der Waals surface area contributed by atoms with Gasteiger partial charge < -0.3 is 10.6 Å². The summed E-state index contributed by atoms with van der Waals surface area (Å²) in [7, 11) is 0. The van der Waals surface area contributed by atoms with E-state index in [1.807, 2.05) is 37.3 Å². The third kappa shape index (κ3) is 4.05. The van der Waals surface area contributed by atoms with Gasteiger partial charge in [0.1, 0.15) is 0 Å². The van der Waals surface area contributed by atoms with Crippen LogP contribution in [0.15, 0.2) is 48.5 Å². The Bertz CT molecular complexity index is 693. The third-order valence-corrected chi connectivity index (χ3v) is 4.69. The van der Waals surface area contributed by atoms with Gasteiger partial charge in [0, 0.05) is 23.5 Å². The number of urea groups is 1. The smallest absolute Gasteiger partial charge is 0.315 e. The zero-order chi connectivity index (χ0) is 16.3. The Morgan fingerprint density at radius 2 is 1.87 bits per heavy atom. The molecule has 0 aliphatic heterocycles. The molecular formula is C19H21ClN2O. The first-order valence-electron chi connectivity index (χ1n) is 7.91. The Morgan fingerprint density at radius 1 is 1.13 bits per heavy atom. The number of amides is 2. The first kappa shape index (κ1) is 15.9. The number of carbonyl (C=O) groups excluding carboxylic acids is 1. The zero-order valence-electron chi connectivity index (χ0n) is 13.2. The maximum absolute atomic E-state index is 12.0. The summed E-state index contributed by atoms with van der Waals surface area (Å²) in [5.74, 6) is 0. The van der Waals surface area contributed by atoms with Crippen LogP contribution >= 0.6 is 11.6 Å². The average molecular weight is 329 g/mol. The van der Waals surface area contributed by atoms with E-state index in [0.29, 0.717) is 13.1 Å². The average Bonchev–Trinajstić information content (AvgIpc) is 3.33. The minimum atomic E-state index is -0.119. The number of benzene rings is 2. The summed E-state index contributed by atoms with van der Waals surface area (Å²) in [4.78, 5) is 12.0. The van der Waals surface area contributed by atoms with E-state index >= 15 is 0 Å². The molecule has 2 aromatic rings. The molecule has 2 amide bonds. The fourth-order valence-electron chi connectivity index (χ4n) is 2.84. The predicted molar refractivity (Wildman–Crippen MR) is 93.8 cm³/mol. The Kier molecular flexibility index (Phi) is 4.58. The monoisotopic (exact) mass is 328 g/mol. The van der Waals surface area contributed by atoms with Crippen molar-refractivity contribution in [3.8, 4) is 0 Å². The molecule has 0 spiro atoms.